The molecular weight excluding hydrogens is 406 g/mol. The minimum atomic E-state index is -0.130. The number of hydrogen-bond donors (Lipinski definition) is 1. The maximum Gasteiger partial charge on any atom is 0.276 e. The number of aryl methyl sites for hydroxylation is 1. The Morgan fingerprint density at radius 2 is 2.03 bits per heavy atom. The summed E-state index contributed by atoms with van der Waals surface area (Å²) in [5.74, 6) is 1.19. The average molecular weight is 440 g/mol. The van der Waals surface area contributed by atoms with E-state index in [1.54, 1.807) is 12.1 Å². The summed E-state index contributed by atoms with van der Waals surface area (Å²) in [4.78, 5) is 28.0. The molecule has 2 aliphatic rings. The van der Waals surface area contributed by atoms with Crippen LogP contribution in [-0.4, -0.2) is 48.1 Å². The highest BCUT2D eigenvalue weighted by Gasteiger charge is 2.38. The molecule has 4 rings (SSSR count). The van der Waals surface area contributed by atoms with E-state index < -0.39 is 0 Å². The summed E-state index contributed by atoms with van der Waals surface area (Å²) in [5.41, 5.74) is 0.820. The van der Waals surface area contributed by atoms with Gasteiger partial charge < -0.3 is 19.5 Å². The van der Waals surface area contributed by atoms with Gasteiger partial charge in [0, 0.05) is 37.5 Å². The zero-order chi connectivity index (χ0) is 22.4. The molecule has 0 saturated carbocycles. The molecule has 1 spiro atoms. The van der Waals surface area contributed by atoms with Crippen LogP contribution in [-0.2, 0) is 6.42 Å². The molecule has 7 heteroatoms. The van der Waals surface area contributed by atoms with E-state index in [2.05, 4.69) is 17.4 Å². The van der Waals surface area contributed by atoms with Gasteiger partial charge in [0.25, 0.3) is 11.8 Å². The number of carbonyl (C=O) groups is 2. The first-order chi connectivity index (χ1) is 15.6. The van der Waals surface area contributed by atoms with Crippen molar-refractivity contribution in [1.82, 2.24) is 15.4 Å². The Balaban J connectivity index is 1.50. The third-order valence-electron chi connectivity index (χ3n) is 6.59. The molecule has 1 aromatic carbocycles. The molecule has 0 aliphatic carbocycles. The summed E-state index contributed by atoms with van der Waals surface area (Å²) in [6.45, 7) is 4.56. The number of carbonyl (C=O) groups excluding carboxylic acids is 2. The molecule has 7 nitrogen and oxygen atoms in total. The average Bonchev–Trinajstić information content (AvgIpc) is 3.28. The molecule has 3 heterocycles. The van der Waals surface area contributed by atoms with Crippen molar-refractivity contribution in [1.29, 1.82) is 0 Å². The van der Waals surface area contributed by atoms with E-state index >= 15 is 0 Å². The zero-order valence-corrected chi connectivity index (χ0v) is 18.9. The SMILES string of the molecule is CCCc1cc(C(=O)N2CCCC3(CCCCCOc4ccccc4C(=O)NC3)C2)no1. The number of nitrogens with zero attached hydrogens (tertiary/aromatic N) is 2. The Hall–Kier alpha value is -2.83. The van der Waals surface area contributed by atoms with Crippen molar-refractivity contribution >= 4 is 11.8 Å². The minimum absolute atomic E-state index is 0.0774. The number of nitrogens with one attached hydrogen (secondary N) is 1. The van der Waals surface area contributed by atoms with Gasteiger partial charge >= 0.3 is 0 Å². The van der Waals surface area contributed by atoms with Gasteiger partial charge in [-0.15, -0.1) is 0 Å². The zero-order valence-electron chi connectivity index (χ0n) is 18.9. The monoisotopic (exact) mass is 439 g/mol. The fraction of sp³-hybridized carbons (Fsp3) is 0.560. The van der Waals surface area contributed by atoms with Crippen LogP contribution in [0.1, 0.15) is 78.5 Å². The Bertz CT molecular complexity index is 941. The third kappa shape index (κ3) is 5.14. The van der Waals surface area contributed by atoms with E-state index in [-0.39, 0.29) is 17.2 Å². The van der Waals surface area contributed by atoms with Gasteiger partial charge in [-0.1, -0.05) is 37.1 Å². The van der Waals surface area contributed by atoms with Gasteiger partial charge in [0.05, 0.1) is 12.2 Å². The second-order valence-electron chi connectivity index (χ2n) is 9.10. The maximum atomic E-state index is 13.1. The van der Waals surface area contributed by atoms with Crippen molar-refractivity contribution in [2.75, 3.05) is 26.2 Å². The lowest BCUT2D eigenvalue weighted by atomic mass is 9.75. The first-order valence-corrected chi connectivity index (χ1v) is 11.9. The van der Waals surface area contributed by atoms with Crippen LogP contribution < -0.4 is 10.1 Å². The van der Waals surface area contributed by atoms with Crippen LogP contribution in [0, 0.1) is 5.41 Å². The van der Waals surface area contributed by atoms with E-state index in [9.17, 15) is 9.59 Å². The first-order valence-electron chi connectivity index (χ1n) is 11.9. The van der Waals surface area contributed by atoms with Crippen molar-refractivity contribution in [2.45, 2.75) is 58.3 Å². The van der Waals surface area contributed by atoms with Gasteiger partial charge in [-0.2, -0.15) is 0 Å². The highest BCUT2D eigenvalue weighted by atomic mass is 16.5. The van der Waals surface area contributed by atoms with E-state index in [4.69, 9.17) is 9.26 Å². The second-order valence-corrected chi connectivity index (χ2v) is 9.10. The van der Waals surface area contributed by atoms with Gasteiger partial charge in [0.15, 0.2) is 5.69 Å². The number of piperidine rings is 1. The lowest BCUT2D eigenvalue weighted by Crippen LogP contribution is -2.51. The standard InChI is InChI=1S/C25H33N3O4/c1-2-9-19-16-21(27-32-19)24(30)28-14-8-13-25(18-28)12-6-3-7-15-31-22-11-5-4-10-20(22)23(29)26-17-25/h4-5,10-11,16H,2-3,6-9,12-15,17-18H2,1H3,(H,26,29). The van der Waals surface area contributed by atoms with Crippen LogP contribution in [0.2, 0.25) is 0 Å². The number of para-hydroxylation sites is 1. The van der Waals surface area contributed by atoms with Crippen LogP contribution in [0.5, 0.6) is 5.75 Å². The molecule has 1 saturated heterocycles. The molecule has 172 valence electrons. The van der Waals surface area contributed by atoms with Gasteiger partial charge in [0.2, 0.25) is 0 Å². The summed E-state index contributed by atoms with van der Waals surface area (Å²) in [6.07, 6.45) is 7.68. The molecule has 2 aromatic rings. The summed E-state index contributed by atoms with van der Waals surface area (Å²) in [5, 5.41) is 7.16. The number of hydrogen-bond acceptors (Lipinski definition) is 5. The molecule has 1 unspecified atom stereocenters. The second kappa shape index (κ2) is 10.2. The van der Waals surface area contributed by atoms with Crippen LogP contribution in [0.3, 0.4) is 0 Å². The largest absolute Gasteiger partial charge is 0.493 e. The maximum absolute atomic E-state index is 13.1. The van der Waals surface area contributed by atoms with Gasteiger partial charge in [-0.3, -0.25) is 9.59 Å². The Morgan fingerprint density at radius 1 is 1.19 bits per heavy atom. The molecule has 1 fully saturated rings. The predicted octanol–water partition coefficient (Wildman–Crippen LogP) is 4.23. The minimum Gasteiger partial charge on any atom is -0.493 e. The number of amides is 2. The summed E-state index contributed by atoms with van der Waals surface area (Å²) < 4.78 is 11.2. The van der Waals surface area contributed by atoms with E-state index in [0.29, 0.717) is 43.2 Å². The van der Waals surface area contributed by atoms with E-state index in [1.807, 2.05) is 23.1 Å². The number of benzene rings is 1. The van der Waals surface area contributed by atoms with Crippen molar-refractivity contribution in [2.24, 2.45) is 5.41 Å². The summed E-state index contributed by atoms with van der Waals surface area (Å²) in [6, 6.07) is 9.17. The van der Waals surface area contributed by atoms with Crippen molar-refractivity contribution < 1.29 is 18.8 Å². The first kappa shape index (κ1) is 22.4. The number of ether oxygens (including phenoxy) is 1. The Kier molecular flexibility index (Phi) is 7.12. The van der Waals surface area contributed by atoms with Crippen LogP contribution in [0.15, 0.2) is 34.9 Å². The smallest absolute Gasteiger partial charge is 0.276 e. The van der Waals surface area contributed by atoms with Gasteiger partial charge in [-0.25, -0.2) is 0 Å². The molecule has 0 bridgehead atoms. The summed E-state index contributed by atoms with van der Waals surface area (Å²) in [7, 11) is 0. The summed E-state index contributed by atoms with van der Waals surface area (Å²) >= 11 is 0. The van der Waals surface area contributed by atoms with Crippen molar-refractivity contribution in [3.05, 3.63) is 47.3 Å². The molecule has 0 radical (unpaired) electrons. The Morgan fingerprint density at radius 3 is 2.91 bits per heavy atom. The molecule has 32 heavy (non-hydrogen) atoms. The molecule has 2 amide bonds. The van der Waals surface area contributed by atoms with Crippen LogP contribution in [0.4, 0.5) is 0 Å². The van der Waals surface area contributed by atoms with Crippen molar-refractivity contribution in [3.8, 4) is 5.75 Å². The molecule has 2 aliphatic heterocycles. The fourth-order valence-corrected chi connectivity index (χ4v) is 4.86. The molecule has 1 aromatic heterocycles. The quantitative estimate of drug-likeness (QED) is 0.774. The predicted molar refractivity (Wildman–Crippen MR) is 121 cm³/mol. The highest BCUT2D eigenvalue weighted by Crippen LogP contribution is 2.36. The van der Waals surface area contributed by atoms with Crippen LogP contribution >= 0.6 is 0 Å². The van der Waals surface area contributed by atoms with Gasteiger partial charge in [-0.05, 0) is 44.2 Å². The number of rotatable bonds is 3. The third-order valence-corrected chi connectivity index (χ3v) is 6.59. The van der Waals surface area contributed by atoms with E-state index in [0.717, 1.165) is 57.1 Å². The molecular formula is C25H33N3O4. The normalized spacial score (nSPS) is 22.3. The van der Waals surface area contributed by atoms with Crippen LogP contribution in [0.25, 0.3) is 0 Å². The Labute approximate surface area is 189 Å². The lowest BCUT2D eigenvalue weighted by Gasteiger charge is -2.43. The topological polar surface area (TPSA) is 84.7 Å². The number of fused-ring (bicyclic) bond motifs is 1. The number of aromatic nitrogens is 1. The fourth-order valence-electron chi connectivity index (χ4n) is 4.86. The van der Waals surface area contributed by atoms with E-state index in [1.165, 1.54) is 0 Å². The molecule has 1 N–H and O–H groups in total. The van der Waals surface area contributed by atoms with Crippen molar-refractivity contribution in [3.63, 3.8) is 0 Å². The highest BCUT2D eigenvalue weighted by molar-refractivity contribution is 5.97. The van der Waals surface area contributed by atoms with Gasteiger partial charge in [0.1, 0.15) is 11.5 Å². The molecule has 1 atom stereocenters. The lowest BCUT2D eigenvalue weighted by molar-refractivity contribution is 0.0460. The number of likely N-dealkylation sites (tertiary alicyclic amines) is 1.